The molecule has 8 heterocycles. The molecule has 21 heteroatoms. The van der Waals surface area contributed by atoms with Crippen LogP contribution in [0.25, 0.3) is 21.8 Å². The highest BCUT2D eigenvalue weighted by molar-refractivity contribution is 6.07. The predicted molar refractivity (Wildman–Crippen MR) is 290 cm³/mol. The fourth-order valence-electron chi connectivity index (χ4n) is 11.9. The number of urea groups is 1. The molecule has 0 saturated carbocycles. The lowest BCUT2D eigenvalue weighted by molar-refractivity contribution is -0.155. The number of aromatic nitrogens is 2. The van der Waals surface area contributed by atoms with Crippen molar-refractivity contribution in [1.82, 2.24) is 49.3 Å². The second-order valence-electron chi connectivity index (χ2n) is 20.7. The number of nitrogens with zero attached hydrogens (tertiary/aromatic N) is 8. The number of hydrogen-bond acceptors (Lipinski definition) is 13. The van der Waals surface area contributed by atoms with Gasteiger partial charge < -0.3 is 48.1 Å². The van der Waals surface area contributed by atoms with Crippen molar-refractivity contribution in [1.29, 1.82) is 0 Å². The third-order valence-corrected chi connectivity index (χ3v) is 16.1. The molecule has 2 aromatic heterocycles. The Morgan fingerprint density at radius 2 is 1.08 bits per heavy atom. The summed E-state index contributed by atoms with van der Waals surface area (Å²) in [5.74, 6) is 0.460. The summed E-state index contributed by atoms with van der Waals surface area (Å²) in [7, 11) is 4.85. The molecule has 2 atom stereocenters. The van der Waals surface area contributed by atoms with Gasteiger partial charge in [-0.2, -0.15) is 0 Å². The first-order valence-corrected chi connectivity index (χ1v) is 27.0. The minimum Gasteiger partial charge on any atom is -0.492 e. The molecule has 21 nitrogen and oxygen atoms in total. The molecule has 7 amide bonds. The Labute approximate surface area is 457 Å². The number of carbonyl (C=O) groups excluding carboxylic acids is 6. The lowest BCUT2D eigenvalue weighted by Gasteiger charge is -2.42. The van der Waals surface area contributed by atoms with E-state index in [-0.39, 0.29) is 36.2 Å². The Morgan fingerprint density at radius 1 is 0.608 bits per heavy atom. The summed E-state index contributed by atoms with van der Waals surface area (Å²) < 4.78 is 27.6. The number of benzene rings is 4. The molecule has 0 aliphatic carbocycles. The molecule has 2 unspecified atom stereocenters. The van der Waals surface area contributed by atoms with E-state index in [1.54, 1.807) is 41.5 Å². The first-order valence-electron chi connectivity index (χ1n) is 27.0. The number of rotatable bonds is 14. The van der Waals surface area contributed by atoms with Crippen LogP contribution in [-0.4, -0.2) is 199 Å². The average Bonchev–Trinajstić information content (AvgIpc) is 4.20. The highest BCUT2D eigenvalue weighted by atomic mass is 16.5. The second-order valence-corrected chi connectivity index (χ2v) is 20.7. The maximum absolute atomic E-state index is 13.5. The van der Waals surface area contributed by atoms with Gasteiger partial charge >= 0.3 is 6.03 Å². The van der Waals surface area contributed by atoms with E-state index >= 15 is 0 Å². The molecule has 4 saturated heterocycles. The van der Waals surface area contributed by atoms with E-state index in [9.17, 15) is 28.8 Å². The molecule has 414 valence electrons. The standard InChI is InChI=1S/C30H35N5O5.C28H31N5O6/c1-31-29(37)21-5-3-20(4-6-21)18-35-24-8-7-22(40-16-13-33-11-14-39-15-12-33)17-23(24)27-25(35)9-10-34-26(36)19-32(2)30(38)28(27)34;1-30-27(35)25-24-21-16-20(39-15-12-31-10-13-38-14-11-31)6-7-22(21)33(23(24)8-9-32(25)28(30)36)17-18-2-4-19(5-3-18)26(34)29-37/h3-8,17,28H,9-16,18-19H2,1-2H3,(H,31,37);2-7,16,25,37H,8-15,17H2,1H3,(H,29,34). The van der Waals surface area contributed by atoms with Crippen LogP contribution in [0, 0.1) is 0 Å². The number of ether oxygens (including phenoxy) is 4. The number of imide groups is 1. The molecule has 6 aliphatic heterocycles. The van der Waals surface area contributed by atoms with Crippen molar-refractivity contribution in [3.8, 4) is 11.5 Å². The van der Waals surface area contributed by atoms with E-state index in [1.807, 2.05) is 66.7 Å². The molecular formula is C58H66N10O11. The lowest BCUT2D eigenvalue weighted by Crippen LogP contribution is -2.56. The van der Waals surface area contributed by atoms with Gasteiger partial charge in [0.1, 0.15) is 36.8 Å². The summed E-state index contributed by atoms with van der Waals surface area (Å²) in [5.41, 5.74) is 10.4. The Balaban J connectivity index is 0.000000167. The van der Waals surface area contributed by atoms with Crippen LogP contribution >= 0.6 is 0 Å². The third kappa shape index (κ3) is 10.5. The third-order valence-electron chi connectivity index (χ3n) is 16.1. The van der Waals surface area contributed by atoms with Crippen molar-refractivity contribution in [2.24, 2.45) is 0 Å². The van der Waals surface area contributed by atoms with Gasteiger partial charge in [-0.05, 0) is 71.8 Å². The van der Waals surface area contributed by atoms with Gasteiger partial charge in [-0.1, -0.05) is 24.3 Å². The zero-order valence-electron chi connectivity index (χ0n) is 44.8. The number of hydroxylamine groups is 1. The molecule has 3 N–H and O–H groups in total. The minimum absolute atomic E-state index is 0.0265. The molecule has 6 aromatic rings. The van der Waals surface area contributed by atoms with Gasteiger partial charge in [0.25, 0.3) is 17.7 Å². The molecule has 12 rings (SSSR count). The molecule has 4 fully saturated rings. The molecular weight excluding hydrogens is 1010 g/mol. The summed E-state index contributed by atoms with van der Waals surface area (Å²) in [6, 6.07) is 25.0. The van der Waals surface area contributed by atoms with Gasteiger partial charge in [0, 0.05) is 155 Å². The molecule has 0 radical (unpaired) electrons. The highest BCUT2D eigenvalue weighted by Gasteiger charge is 2.49. The quantitative estimate of drug-likeness (QED) is 0.0809. The van der Waals surface area contributed by atoms with Crippen molar-refractivity contribution >= 4 is 57.4 Å². The largest absolute Gasteiger partial charge is 0.492 e. The number of carbonyl (C=O) groups is 6. The van der Waals surface area contributed by atoms with E-state index in [0.29, 0.717) is 63.4 Å². The SMILES string of the molecule is CN1C(=O)C2c3c(n(Cc4ccc(C(=O)NO)cc4)c4ccc(OCCN5CCOCC5)cc34)CCN2C1=O.CNC(=O)c1ccc(Cn2c3c(c4cc(OCCN5CCOCC5)ccc42)C2C(=O)N(C)CC(=O)N2CC3)cc1. The predicted octanol–water partition coefficient (Wildman–Crippen LogP) is 3.67. The van der Waals surface area contributed by atoms with Crippen LogP contribution in [0.5, 0.6) is 11.5 Å². The zero-order valence-corrected chi connectivity index (χ0v) is 44.8. The van der Waals surface area contributed by atoms with E-state index in [1.165, 1.54) is 16.8 Å². The number of hydrogen-bond donors (Lipinski definition) is 3. The van der Waals surface area contributed by atoms with E-state index in [4.69, 9.17) is 24.2 Å². The zero-order chi connectivity index (χ0) is 54.9. The van der Waals surface area contributed by atoms with Crippen molar-refractivity contribution in [2.45, 2.75) is 38.0 Å². The van der Waals surface area contributed by atoms with Crippen molar-refractivity contribution in [3.05, 3.63) is 130 Å². The second kappa shape index (κ2) is 22.9. The number of piperazine rings is 1. The van der Waals surface area contributed by atoms with Crippen molar-refractivity contribution < 1.29 is 52.9 Å². The Bertz CT molecular complexity index is 3310. The summed E-state index contributed by atoms with van der Waals surface area (Å²) in [6.07, 6.45) is 1.28. The van der Waals surface area contributed by atoms with Crippen LogP contribution < -0.4 is 20.3 Å². The molecule has 0 bridgehead atoms. The first kappa shape index (κ1) is 53.2. The highest BCUT2D eigenvalue weighted by Crippen LogP contribution is 2.44. The van der Waals surface area contributed by atoms with Crippen molar-refractivity contribution in [3.63, 3.8) is 0 Å². The molecule has 4 aromatic carbocycles. The van der Waals surface area contributed by atoms with Crippen LogP contribution in [0.4, 0.5) is 4.79 Å². The van der Waals surface area contributed by atoms with Crippen molar-refractivity contribution in [2.75, 3.05) is 120 Å². The maximum Gasteiger partial charge on any atom is 0.327 e. The van der Waals surface area contributed by atoms with Gasteiger partial charge in [0.15, 0.2) is 0 Å². The van der Waals surface area contributed by atoms with Gasteiger partial charge in [-0.25, -0.2) is 10.3 Å². The Hall–Kier alpha value is -7.82. The van der Waals surface area contributed by atoms with Crippen LogP contribution in [-0.2, 0) is 49.8 Å². The van der Waals surface area contributed by atoms with Crippen LogP contribution in [0.15, 0.2) is 84.9 Å². The number of amides is 7. The number of morpholine rings is 2. The number of nitrogens with one attached hydrogen (secondary N) is 2. The van der Waals surface area contributed by atoms with E-state index < -0.39 is 18.0 Å². The fraction of sp³-hybridized carbons (Fsp3) is 0.414. The summed E-state index contributed by atoms with van der Waals surface area (Å²) in [5, 5.41) is 13.4. The maximum atomic E-state index is 13.5. The normalized spacial score (nSPS) is 19.4. The Morgan fingerprint density at radius 3 is 1.56 bits per heavy atom. The first-order chi connectivity index (χ1) is 38.4. The smallest absolute Gasteiger partial charge is 0.327 e. The lowest BCUT2D eigenvalue weighted by atomic mass is 9.92. The number of likely N-dealkylation sites (N-methyl/N-ethyl adjacent to an activating group) is 2. The van der Waals surface area contributed by atoms with Gasteiger partial charge in [-0.15, -0.1) is 0 Å². The van der Waals surface area contributed by atoms with Crippen LogP contribution in [0.1, 0.15) is 66.4 Å². The van der Waals surface area contributed by atoms with Gasteiger partial charge in [-0.3, -0.25) is 43.9 Å². The van der Waals surface area contributed by atoms with E-state index in [2.05, 4.69) is 30.3 Å². The summed E-state index contributed by atoms with van der Waals surface area (Å²) in [6.45, 7) is 11.5. The number of fused-ring (bicyclic) bond motifs is 10. The Kier molecular flexibility index (Phi) is 15.4. The summed E-state index contributed by atoms with van der Waals surface area (Å²) >= 11 is 0. The van der Waals surface area contributed by atoms with Crippen LogP contribution in [0.2, 0.25) is 0 Å². The van der Waals surface area contributed by atoms with Gasteiger partial charge in [0.05, 0.1) is 33.0 Å². The molecule has 79 heavy (non-hydrogen) atoms. The van der Waals surface area contributed by atoms with Crippen LogP contribution in [0.3, 0.4) is 0 Å². The fourth-order valence-corrected chi connectivity index (χ4v) is 11.9. The topological polar surface area (TPSA) is 213 Å². The van der Waals surface area contributed by atoms with Gasteiger partial charge in [0.2, 0.25) is 11.8 Å². The molecule has 6 aliphatic rings. The van der Waals surface area contributed by atoms with E-state index in [0.717, 1.165) is 133 Å². The molecule has 0 spiro atoms. The monoisotopic (exact) mass is 1080 g/mol. The minimum atomic E-state index is -0.658. The summed E-state index contributed by atoms with van der Waals surface area (Å²) in [4.78, 5) is 87.0. The average molecular weight is 1080 g/mol.